The van der Waals surface area contributed by atoms with Gasteiger partial charge in [-0.3, -0.25) is 0 Å². The van der Waals surface area contributed by atoms with Crippen LogP contribution in [0.2, 0.25) is 0 Å². The number of methoxy groups -OCH3 is 2. The molecule has 0 N–H and O–H groups in total. The first kappa shape index (κ1) is 12.3. The molecular weight excluding hydrogens is 190 g/mol. The summed E-state index contributed by atoms with van der Waals surface area (Å²) in [6.07, 6.45) is 8.83. The summed E-state index contributed by atoms with van der Waals surface area (Å²) in [6.45, 7) is 2.09. The fourth-order valence-corrected chi connectivity index (χ4v) is 2.94. The van der Waals surface area contributed by atoms with Crippen LogP contribution in [0.1, 0.15) is 0 Å². The molecule has 0 spiro atoms. The quantitative estimate of drug-likeness (QED) is 0.619. The molecule has 0 bridgehead atoms. The van der Waals surface area contributed by atoms with Gasteiger partial charge in [0.05, 0.1) is 13.0 Å². The van der Waals surface area contributed by atoms with Crippen LogP contribution >= 0.6 is 15.7 Å². The van der Waals surface area contributed by atoms with Gasteiger partial charge in [-0.2, -0.15) is 0 Å². The van der Waals surface area contributed by atoms with Crippen LogP contribution < -0.4 is 0 Å². The first-order chi connectivity index (χ1) is 5.67. The molecule has 3 atom stereocenters. The highest BCUT2D eigenvalue weighted by molar-refractivity contribution is 7.55. The maximum atomic E-state index is 5.33. The van der Waals surface area contributed by atoms with Crippen LogP contribution in [0.3, 0.4) is 0 Å². The van der Waals surface area contributed by atoms with Crippen LogP contribution in [0.15, 0.2) is 0 Å². The Balaban J connectivity index is 4.21. The lowest BCUT2D eigenvalue weighted by molar-refractivity contribution is 0.0216. The lowest BCUT2D eigenvalue weighted by Gasteiger charge is -2.17. The van der Waals surface area contributed by atoms with Crippen molar-refractivity contribution in [2.45, 2.75) is 11.9 Å². The minimum absolute atomic E-state index is 0.138. The SMILES string of the molecule is C=PCC(OC)C(OC)[P+](=C)C. The highest BCUT2D eigenvalue weighted by Gasteiger charge is 2.28. The Morgan fingerprint density at radius 3 is 2.25 bits per heavy atom. The third-order valence-electron chi connectivity index (χ3n) is 1.61. The maximum absolute atomic E-state index is 5.33. The summed E-state index contributed by atoms with van der Waals surface area (Å²) in [5, 5.41) is 0. The molecule has 0 rings (SSSR count). The summed E-state index contributed by atoms with van der Waals surface area (Å²) in [6, 6.07) is 0. The van der Waals surface area contributed by atoms with Crippen molar-refractivity contribution in [1.82, 2.24) is 0 Å². The molecule has 0 aromatic rings. The smallest absolute Gasteiger partial charge is 0.240 e. The maximum Gasteiger partial charge on any atom is 0.240 e. The molecule has 0 saturated heterocycles. The lowest BCUT2D eigenvalue weighted by atomic mass is 10.4. The second-order valence-electron chi connectivity index (χ2n) is 2.56. The van der Waals surface area contributed by atoms with Crippen molar-refractivity contribution in [3.8, 4) is 0 Å². The molecule has 12 heavy (non-hydrogen) atoms. The third-order valence-corrected chi connectivity index (χ3v) is 3.64. The van der Waals surface area contributed by atoms with Gasteiger partial charge >= 0.3 is 0 Å². The van der Waals surface area contributed by atoms with E-state index in [0.29, 0.717) is 0 Å². The van der Waals surface area contributed by atoms with E-state index in [0.717, 1.165) is 14.4 Å². The molecular formula is C8H17O2P2+. The Kier molecular flexibility index (Phi) is 6.89. The van der Waals surface area contributed by atoms with E-state index in [1.807, 2.05) is 0 Å². The first-order valence-corrected chi connectivity index (χ1v) is 6.99. The Bertz CT molecular complexity index is 159. The average Bonchev–Trinajstić information content (AvgIpc) is 2.03. The van der Waals surface area contributed by atoms with E-state index in [2.05, 4.69) is 19.3 Å². The van der Waals surface area contributed by atoms with Crippen LogP contribution in [0.5, 0.6) is 0 Å². The van der Waals surface area contributed by atoms with Gasteiger partial charge in [0.15, 0.2) is 0 Å². The highest BCUT2D eigenvalue weighted by atomic mass is 31.1. The fraction of sp³-hybridized carbons (Fsp3) is 0.750. The molecule has 0 aliphatic carbocycles. The lowest BCUT2D eigenvalue weighted by Crippen LogP contribution is -2.28. The molecule has 70 valence electrons. The van der Waals surface area contributed by atoms with E-state index < -0.39 is 0 Å². The van der Waals surface area contributed by atoms with E-state index in [4.69, 9.17) is 9.47 Å². The fourth-order valence-electron chi connectivity index (χ4n) is 1.02. The minimum Gasteiger partial charge on any atom is -0.373 e. The largest absolute Gasteiger partial charge is 0.373 e. The summed E-state index contributed by atoms with van der Waals surface area (Å²) in [4.78, 5) is 0. The number of rotatable bonds is 6. The number of ether oxygens (including phenoxy) is 2. The van der Waals surface area contributed by atoms with Gasteiger partial charge in [0.1, 0.15) is 13.6 Å². The summed E-state index contributed by atoms with van der Waals surface area (Å²) < 4.78 is 10.6. The zero-order chi connectivity index (χ0) is 9.56. The molecule has 0 saturated carbocycles. The van der Waals surface area contributed by atoms with Crippen molar-refractivity contribution in [2.24, 2.45) is 0 Å². The Hall–Kier alpha value is 0.260. The van der Waals surface area contributed by atoms with Crippen molar-refractivity contribution in [1.29, 1.82) is 0 Å². The zero-order valence-corrected chi connectivity index (χ0v) is 9.78. The topological polar surface area (TPSA) is 18.5 Å². The normalized spacial score (nSPS) is 17.4. The minimum atomic E-state index is -0.350. The summed E-state index contributed by atoms with van der Waals surface area (Å²) in [5.74, 6) is 0.138. The second-order valence-corrected chi connectivity index (χ2v) is 5.40. The number of hydrogen-bond acceptors (Lipinski definition) is 2. The van der Waals surface area contributed by atoms with Gasteiger partial charge in [0.2, 0.25) is 5.85 Å². The molecule has 0 aliphatic heterocycles. The van der Waals surface area contributed by atoms with E-state index >= 15 is 0 Å². The molecule has 3 unspecified atom stereocenters. The van der Waals surface area contributed by atoms with Crippen molar-refractivity contribution in [3.63, 3.8) is 0 Å². The van der Waals surface area contributed by atoms with E-state index in [-0.39, 0.29) is 19.5 Å². The van der Waals surface area contributed by atoms with Gasteiger partial charge in [0, 0.05) is 20.4 Å². The summed E-state index contributed by atoms with van der Waals surface area (Å²) in [5.41, 5.74) is 0. The van der Waals surface area contributed by atoms with E-state index in [1.54, 1.807) is 14.2 Å². The van der Waals surface area contributed by atoms with Gasteiger partial charge in [-0.1, -0.05) is 6.30 Å². The Morgan fingerprint density at radius 2 is 2.00 bits per heavy atom. The average molecular weight is 207 g/mol. The van der Waals surface area contributed by atoms with Gasteiger partial charge < -0.3 is 9.47 Å². The van der Waals surface area contributed by atoms with E-state index in [1.165, 1.54) is 0 Å². The van der Waals surface area contributed by atoms with Crippen LogP contribution in [0.4, 0.5) is 0 Å². The first-order valence-electron chi connectivity index (χ1n) is 3.68. The molecule has 0 aliphatic rings. The van der Waals surface area contributed by atoms with E-state index in [9.17, 15) is 0 Å². The van der Waals surface area contributed by atoms with Gasteiger partial charge in [-0.15, -0.1) is 8.20 Å². The van der Waals surface area contributed by atoms with Crippen LogP contribution in [-0.2, 0) is 9.47 Å². The monoisotopic (exact) mass is 207 g/mol. The highest BCUT2D eigenvalue weighted by Crippen LogP contribution is 2.28. The zero-order valence-electron chi connectivity index (χ0n) is 7.99. The van der Waals surface area contributed by atoms with Gasteiger partial charge in [0.25, 0.3) is 0 Å². The van der Waals surface area contributed by atoms with Crippen LogP contribution in [0, 0.1) is 0 Å². The molecule has 0 amide bonds. The van der Waals surface area contributed by atoms with Crippen molar-refractivity contribution >= 4 is 28.3 Å². The van der Waals surface area contributed by atoms with Gasteiger partial charge in [-0.25, -0.2) is 0 Å². The third kappa shape index (κ3) is 3.78. The van der Waals surface area contributed by atoms with Crippen LogP contribution in [0.25, 0.3) is 0 Å². The van der Waals surface area contributed by atoms with Gasteiger partial charge in [-0.05, 0) is 0 Å². The Morgan fingerprint density at radius 1 is 1.42 bits per heavy atom. The molecule has 0 aromatic carbocycles. The standard InChI is InChI=1S/C8H17O2P2/c1-9-7(6-11-3)8(10-2)12(4)5/h7-8H,3-4,6H2,1-2,5H3/q+1. The second kappa shape index (κ2) is 6.74. The van der Waals surface area contributed by atoms with Crippen molar-refractivity contribution in [2.75, 3.05) is 27.0 Å². The molecule has 0 radical (unpaired) electrons. The summed E-state index contributed by atoms with van der Waals surface area (Å²) in [7, 11) is 4.16. The van der Waals surface area contributed by atoms with Crippen LogP contribution in [-0.4, -0.2) is 51.6 Å². The molecule has 2 nitrogen and oxygen atoms in total. The van der Waals surface area contributed by atoms with Crippen molar-refractivity contribution in [3.05, 3.63) is 0 Å². The molecule has 0 heterocycles. The predicted octanol–water partition coefficient (Wildman–Crippen LogP) is 1.90. The van der Waals surface area contributed by atoms with Crippen molar-refractivity contribution < 1.29 is 9.47 Å². The Labute approximate surface area is 77.5 Å². The predicted molar refractivity (Wildman–Crippen MR) is 60.5 cm³/mol. The molecule has 0 aromatic heterocycles. The summed E-state index contributed by atoms with van der Waals surface area (Å²) >= 11 is 0. The molecule has 0 fully saturated rings. The molecule has 4 heteroatoms. The number of hydrogen-bond donors (Lipinski definition) is 0.